The van der Waals surface area contributed by atoms with E-state index in [9.17, 15) is 4.79 Å². The Morgan fingerprint density at radius 2 is 1.76 bits per heavy atom. The molecule has 252 valence electrons. The highest BCUT2D eigenvalue weighted by atomic mass is 32.2. The van der Waals surface area contributed by atoms with Crippen LogP contribution in [0.5, 0.6) is 0 Å². The molecule has 0 atom stereocenters. The lowest BCUT2D eigenvalue weighted by Gasteiger charge is -2.18. The van der Waals surface area contributed by atoms with E-state index < -0.39 is 5.97 Å². The predicted molar refractivity (Wildman–Crippen MR) is 197 cm³/mol. The molecule has 0 aliphatic rings. The highest BCUT2D eigenvalue weighted by molar-refractivity contribution is 7.98. The third kappa shape index (κ3) is 18.9. The monoisotopic (exact) mass is 639 g/mol. The minimum Gasteiger partial charge on any atom is -0.497 e. The van der Waals surface area contributed by atoms with Gasteiger partial charge in [-0.25, -0.2) is 9.67 Å². The molecule has 6 nitrogen and oxygen atoms in total. The van der Waals surface area contributed by atoms with Crippen LogP contribution in [0.3, 0.4) is 0 Å². The van der Waals surface area contributed by atoms with Crippen LogP contribution in [0.2, 0.25) is 0 Å². The molecular formula is C38H61N3O3S. The summed E-state index contributed by atoms with van der Waals surface area (Å²) in [5.41, 5.74) is 4.92. The van der Waals surface area contributed by atoms with E-state index in [1.807, 2.05) is 81.8 Å². The minimum absolute atomic E-state index is 0.142. The van der Waals surface area contributed by atoms with Crippen molar-refractivity contribution in [1.82, 2.24) is 14.8 Å². The van der Waals surface area contributed by atoms with Crippen molar-refractivity contribution in [3.05, 3.63) is 95.3 Å². The summed E-state index contributed by atoms with van der Waals surface area (Å²) in [6.45, 7) is 28.9. The van der Waals surface area contributed by atoms with Crippen molar-refractivity contribution in [2.75, 3.05) is 7.11 Å². The van der Waals surface area contributed by atoms with Crippen LogP contribution in [0.25, 0.3) is 5.70 Å². The van der Waals surface area contributed by atoms with Gasteiger partial charge in [0.15, 0.2) is 5.82 Å². The average molecular weight is 640 g/mol. The maximum atomic E-state index is 10.8. The normalized spacial score (nSPS) is 11.9. The summed E-state index contributed by atoms with van der Waals surface area (Å²) in [6.07, 6.45) is 14.2. The highest BCUT2D eigenvalue weighted by Crippen LogP contribution is 2.25. The van der Waals surface area contributed by atoms with Crippen LogP contribution in [-0.2, 0) is 28.1 Å². The van der Waals surface area contributed by atoms with Gasteiger partial charge in [0, 0.05) is 23.4 Å². The number of aromatic nitrogens is 3. The lowest BCUT2D eigenvalue weighted by Crippen LogP contribution is -2.05. The number of nitrogens with zero attached hydrogens (tertiary/aromatic N) is 3. The smallest absolute Gasteiger partial charge is 0.303 e. The number of carboxylic acids is 1. The number of allylic oxidation sites excluding steroid dienone is 8. The number of aryl methyl sites for hydroxylation is 2. The number of hydrogen-bond donors (Lipinski definition) is 1. The Labute approximate surface area is 279 Å². The second kappa shape index (κ2) is 24.9. The number of hydrogen-bond acceptors (Lipinski definition) is 5. The first-order valence-corrected chi connectivity index (χ1v) is 16.9. The molecule has 0 aliphatic carbocycles. The molecular weight excluding hydrogens is 579 g/mol. The molecule has 2 aromatic rings. The van der Waals surface area contributed by atoms with Crippen molar-refractivity contribution in [1.29, 1.82) is 0 Å². The van der Waals surface area contributed by atoms with Gasteiger partial charge in [-0.3, -0.25) is 4.79 Å². The van der Waals surface area contributed by atoms with E-state index in [4.69, 9.17) is 19.9 Å². The molecule has 0 radical (unpaired) electrons. The van der Waals surface area contributed by atoms with Crippen molar-refractivity contribution in [3.63, 3.8) is 0 Å². The Kier molecular flexibility index (Phi) is 24.3. The number of ether oxygens (including phenoxy) is 1. The predicted octanol–water partition coefficient (Wildman–Crippen LogP) is 11.0. The van der Waals surface area contributed by atoms with Gasteiger partial charge in [-0.05, 0) is 87.9 Å². The number of methoxy groups -OCH3 is 1. The molecule has 7 heteroatoms. The third-order valence-electron chi connectivity index (χ3n) is 6.34. The van der Waals surface area contributed by atoms with Crippen LogP contribution in [0.4, 0.5) is 0 Å². The Morgan fingerprint density at radius 1 is 1.13 bits per heavy atom. The van der Waals surface area contributed by atoms with Crippen LogP contribution >= 0.6 is 11.8 Å². The van der Waals surface area contributed by atoms with Crippen molar-refractivity contribution in [3.8, 4) is 0 Å². The molecule has 0 bridgehead atoms. The second-order valence-electron chi connectivity index (χ2n) is 11.1. The van der Waals surface area contributed by atoms with Crippen molar-refractivity contribution >= 4 is 23.4 Å². The van der Waals surface area contributed by atoms with Gasteiger partial charge in [-0.1, -0.05) is 84.8 Å². The molecule has 0 unspecified atom stereocenters. The molecule has 1 aromatic carbocycles. The van der Waals surface area contributed by atoms with Gasteiger partial charge in [0.25, 0.3) is 0 Å². The first kappa shape index (κ1) is 43.8. The van der Waals surface area contributed by atoms with E-state index in [1.54, 1.807) is 18.9 Å². The summed E-state index contributed by atoms with van der Waals surface area (Å²) in [4.78, 5) is 16.6. The van der Waals surface area contributed by atoms with Crippen molar-refractivity contribution in [2.24, 2.45) is 5.41 Å². The number of benzene rings is 1. The lowest BCUT2D eigenvalue weighted by molar-refractivity contribution is -0.136. The van der Waals surface area contributed by atoms with Gasteiger partial charge in [-0.2, -0.15) is 5.10 Å². The third-order valence-corrected chi connectivity index (χ3v) is 7.33. The Bertz CT molecular complexity index is 1260. The SMILES string of the molecule is C/C=C(\C)C(C)(C)C.C=CCc1nc(CSc2ccc(CCC(=O)O)c(C)c2)nn1/C(C)=C/C=C(\C=C/C)OC.CC.CCC. The van der Waals surface area contributed by atoms with Crippen LogP contribution < -0.4 is 0 Å². The number of rotatable bonds is 12. The fraction of sp³-hybridized carbons (Fsp3) is 0.500. The van der Waals surface area contributed by atoms with E-state index >= 15 is 0 Å². The molecule has 0 amide bonds. The van der Waals surface area contributed by atoms with E-state index in [1.165, 1.54) is 12.0 Å². The van der Waals surface area contributed by atoms with Gasteiger partial charge >= 0.3 is 5.97 Å². The molecule has 0 saturated carbocycles. The zero-order valence-corrected chi connectivity index (χ0v) is 31.3. The number of thioether (sulfide) groups is 1. The lowest BCUT2D eigenvalue weighted by atomic mass is 9.88. The molecule has 1 aromatic heterocycles. The first-order valence-electron chi connectivity index (χ1n) is 16.0. The van der Waals surface area contributed by atoms with Crippen LogP contribution in [0.1, 0.15) is 112 Å². The summed E-state index contributed by atoms with van der Waals surface area (Å²) in [6, 6.07) is 6.13. The molecule has 0 spiro atoms. The van der Waals surface area contributed by atoms with Crippen LogP contribution in [0.15, 0.2) is 77.5 Å². The molecule has 1 N–H and O–H groups in total. The summed E-state index contributed by atoms with van der Waals surface area (Å²) >= 11 is 1.66. The minimum atomic E-state index is -0.778. The molecule has 2 rings (SSSR count). The fourth-order valence-corrected chi connectivity index (χ4v) is 4.33. The van der Waals surface area contributed by atoms with E-state index in [0.29, 0.717) is 24.0 Å². The zero-order valence-electron chi connectivity index (χ0n) is 30.5. The van der Waals surface area contributed by atoms with Gasteiger partial charge in [-0.15, -0.1) is 18.3 Å². The quantitative estimate of drug-likeness (QED) is 0.108. The zero-order chi connectivity index (χ0) is 35.0. The summed E-state index contributed by atoms with van der Waals surface area (Å²) in [5, 5.41) is 13.6. The summed E-state index contributed by atoms with van der Waals surface area (Å²) in [5.74, 6) is 2.20. The first-order chi connectivity index (χ1) is 21.3. The van der Waals surface area contributed by atoms with E-state index in [0.717, 1.165) is 39.1 Å². The summed E-state index contributed by atoms with van der Waals surface area (Å²) in [7, 11) is 1.64. The Morgan fingerprint density at radius 3 is 2.20 bits per heavy atom. The van der Waals surface area contributed by atoms with Gasteiger partial charge < -0.3 is 9.84 Å². The Balaban J connectivity index is 0. The van der Waals surface area contributed by atoms with Crippen LogP contribution in [0, 0.1) is 12.3 Å². The molecule has 1 heterocycles. The topological polar surface area (TPSA) is 77.2 Å². The Hall–Kier alpha value is -3.32. The largest absolute Gasteiger partial charge is 0.497 e. The number of aliphatic carboxylic acids is 1. The van der Waals surface area contributed by atoms with E-state index in [-0.39, 0.29) is 6.42 Å². The fourth-order valence-electron chi connectivity index (χ4n) is 3.49. The van der Waals surface area contributed by atoms with Gasteiger partial charge in [0.05, 0.1) is 12.9 Å². The highest BCUT2D eigenvalue weighted by Gasteiger charge is 2.12. The second-order valence-corrected chi connectivity index (χ2v) is 12.2. The summed E-state index contributed by atoms with van der Waals surface area (Å²) < 4.78 is 7.17. The molecule has 0 aliphatic heterocycles. The van der Waals surface area contributed by atoms with Crippen LogP contribution in [-0.4, -0.2) is 33.0 Å². The number of carboxylic acid groups (broad SMARTS) is 1. The maximum absolute atomic E-state index is 10.8. The molecule has 0 fully saturated rings. The average Bonchev–Trinajstić information content (AvgIpc) is 3.41. The van der Waals surface area contributed by atoms with Gasteiger partial charge in [0.2, 0.25) is 0 Å². The molecule has 0 saturated heterocycles. The van der Waals surface area contributed by atoms with Crippen molar-refractivity contribution < 1.29 is 14.6 Å². The molecule has 45 heavy (non-hydrogen) atoms. The van der Waals surface area contributed by atoms with Crippen molar-refractivity contribution in [2.45, 2.75) is 119 Å². The number of carbonyl (C=O) groups is 1. The van der Waals surface area contributed by atoms with E-state index in [2.05, 4.69) is 67.2 Å². The maximum Gasteiger partial charge on any atom is 0.303 e. The standard InChI is InChI=1S/C25H31N3O3S.C8H16.C3H8.C2H6/c1-6-8-21(31-5)13-10-19(4)28-24(9-7-2)26-23(27-28)17-32-22-14-11-20(18(3)16-22)12-15-25(29)30;1-6-7(2)8(3,4)5;1-3-2;1-2/h6-8,10-11,13-14,16H,2,9,12,15,17H2,1,3-5H3,(H,29,30);6H,1-5H3;3H2,1-2H3;1-2H3/b8-6-,19-10+,21-13+;7-6+;;. The van der Waals surface area contributed by atoms with Gasteiger partial charge in [0.1, 0.15) is 11.6 Å².